The molecule has 0 bridgehead atoms. The fraction of sp³-hybridized carbons (Fsp3) is 0.250. The largest absolute Gasteiger partial charge is 0.324 e. The fourth-order valence-electron chi connectivity index (χ4n) is 1.99. The van der Waals surface area contributed by atoms with Crippen LogP contribution in [0.15, 0.2) is 36.7 Å². The van der Waals surface area contributed by atoms with E-state index in [1.807, 2.05) is 37.3 Å². The van der Waals surface area contributed by atoms with Crippen LogP contribution in [0.1, 0.15) is 30.5 Å². The predicted molar refractivity (Wildman–Crippen MR) is 89.5 cm³/mol. The summed E-state index contributed by atoms with van der Waals surface area (Å²) in [6.45, 7) is 6.27. The Kier molecular flexibility index (Phi) is 4.11. The number of thiazole rings is 1. The van der Waals surface area contributed by atoms with Crippen molar-refractivity contribution in [3.05, 3.63) is 47.4 Å². The zero-order valence-corrected chi connectivity index (χ0v) is 13.6. The average Bonchev–Trinajstić information content (AvgIpc) is 2.91. The standard InChI is InChI=1S/C16H17N5S/c1-10(2)15-19-11(3)13(22-15)14-17-9-18-16(21-14)20-12-7-5-4-6-8-12/h4-10H,1-3H3,(H,17,18,20,21). The number of hydrogen-bond acceptors (Lipinski definition) is 6. The highest BCUT2D eigenvalue weighted by Gasteiger charge is 2.15. The third-order valence-electron chi connectivity index (χ3n) is 3.11. The summed E-state index contributed by atoms with van der Waals surface area (Å²) in [6.07, 6.45) is 1.53. The van der Waals surface area contributed by atoms with Crippen LogP contribution in [-0.4, -0.2) is 19.9 Å². The second-order valence-corrected chi connectivity index (χ2v) is 6.28. The van der Waals surface area contributed by atoms with Crippen molar-refractivity contribution in [3.63, 3.8) is 0 Å². The summed E-state index contributed by atoms with van der Waals surface area (Å²) in [6, 6.07) is 9.84. The van der Waals surface area contributed by atoms with Crippen molar-refractivity contribution in [1.82, 2.24) is 19.9 Å². The van der Waals surface area contributed by atoms with Crippen LogP contribution in [0.5, 0.6) is 0 Å². The van der Waals surface area contributed by atoms with E-state index in [2.05, 4.69) is 39.1 Å². The average molecular weight is 311 g/mol. The van der Waals surface area contributed by atoms with Crippen LogP contribution in [-0.2, 0) is 0 Å². The number of anilines is 2. The number of nitrogens with zero attached hydrogens (tertiary/aromatic N) is 4. The summed E-state index contributed by atoms with van der Waals surface area (Å²) < 4.78 is 0. The fourth-order valence-corrected chi connectivity index (χ4v) is 3.00. The molecule has 1 N–H and O–H groups in total. The van der Waals surface area contributed by atoms with E-state index in [-0.39, 0.29) is 0 Å². The van der Waals surface area contributed by atoms with E-state index >= 15 is 0 Å². The molecule has 2 aromatic heterocycles. The first kappa shape index (κ1) is 14.6. The van der Waals surface area contributed by atoms with Gasteiger partial charge in [0.05, 0.1) is 15.6 Å². The number of hydrogen-bond donors (Lipinski definition) is 1. The van der Waals surface area contributed by atoms with Crippen LogP contribution in [0.25, 0.3) is 10.7 Å². The Labute approximate surface area is 133 Å². The normalized spacial score (nSPS) is 10.9. The molecule has 2 heterocycles. The highest BCUT2D eigenvalue weighted by molar-refractivity contribution is 7.15. The molecule has 6 heteroatoms. The number of aromatic nitrogens is 4. The van der Waals surface area contributed by atoms with Crippen LogP contribution < -0.4 is 5.32 Å². The zero-order chi connectivity index (χ0) is 15.5. The van der Waals surface area contributed by atoms with Crippen LogP contribution in [0.3, 0.4) is 0 Å². The van der Waals surface area contributed by atoms with Gasteiger partial charge in [-0.15, -0.1) is 11.3 Å². The molecule has 0 saturated carbocycles. The number of para-hydroxylation sites is 1. The highest BCUT2D eigenvalue weighted by Crippen LogP contribution is 2.31. The highest BCUT2D eigenvalue weighted by atomic mass is 32.1. The smallest absolute Gasteiger partial charge is 0.230 e. The summed E-state index contributed by atoms with van der Waals surface area (Å²) in [5.74, 6) is 1.60. The van der Waals surface area contributed by atoms with Gasteiger partial charge in [0.25, 0.3) is 0 Å². The second kappa shape index (κ2) is 6.19. The van der Waals surface area contributed by atoms with Crippen molar-refractivity contribution >= 4 is 23.0 Å². The minimum absolute atomic E-state index is 0.404. The van der Waals surface area contributed by atoms with Gasteiger partial charge in [0, 0.05) is 11.6 Å². The van der Waals surface area contributed by atoms with Crippen molar-refractivity contribution in [2.24, 2.45) is 0 Å². The molecule has 0 amide bonds. The topological polar surface area (TPSA) is 63.6 Å². The second-order valence-electron chi connectivity index (χ2n) is 5.25. The van der Waals surface area contributed by atoms with Crippen LogP contribution in [0.2, 0.25) is 0 Å². The molecule has 0 aliphatic carbocycles. The van der Waals surface area contributed by atoms with E-state index in [9.17, 15) is 0 Å². The molecule has 1 aromatic carbocycles. The molecule has 0 unspecified atom stereocenters. The lowest BCUT2D eigenvalue weighted by Crippen LogP contribution is -1.99. The molecular formula is C16H17N5S. The van der Waals surface area contributed by atoms with Gasteiger partial charge in [0.2, 0.25) is 5.95 Å². The quantitative estimate of drug-likeness (QED) is 0.783. The SMILES string of the molecule is Cc1nc(C(C)C)sc1-c1ncnc(Nc2ccccc2)n1. The lowest BCUT2D eigenvalue weighted by molar-refractivity contribution is 0.847. The van der Waals surface area contributed by atoms with E-state index < -0.39 is 0 Å². The van der Waals surface area contributed by atoms with Gasteiger partial charge in [-0.1, -0.05) is 32.0 Å². The number of rotatable bonds is 4. The maximum absolute atomic E-state index is 4.60. The minimum Gasteiger partial charge on any atom is -0.324 e. The Morgan fingerprint density at radius 1 is 1.05 bits per heavy atom. The van der Waals surface area contributed by atoms with Gasteiger partial charge >= 0.3 is 0 Å². The van der Waals surface area contributed by atoms with Gasteiger partial charge in [0.1, 0.15) is 6.33 Å². The van der Waals surface area contributed by atoms with E-state index in [0.29, 0.717) is 17.7 Å². The Bertz CT molecular complexity index is 767. The molecule has 0 aliphatic rings. The van der Waals surface area contributed by atoms with Gasteiger partial charge in [-0.25, -0.2) is 15.0 Å². The maximum Gasteiger partial charge on any atom is 0.230 e. The summed E-state index contributed by atoms with van der Waals surface area (Å²) in [5, 5.41) is 4.29. The molecule has 3 aromatic rings. The molecule has 3 rings (SSSR count). The van der Waals surface area contributed by atoms with E-state index in [1.54, 1.807) is 11.3 Å². The van der Waals surface area contributed by atoms with Crippen LogP contribution in [0, 0.1) is 6.92 Å². The molecule has 112 valence electrons. The molecule has 0 spiro atoms. The molecule has 0 aliphatic heterocycles. The van der Waals surface area contributed by atoms with Crippen molar-refractivity contribution in [1.29, 1.82) is 0 Å². The molecular weight excluding hydrogens is 294 g/mol. The predicted octanol–water partition coefficient (Wildman–Crippen LogP) is 4.17. The van der Waals surface area contributed by atoms with E-state index in [1.165, 1.54) is 6.33 Å². The van der Waals surface area contributed by atoms with Crippen molar-refractivity contribution in [2.45, 2.75) is 26.7 Å². The van der Waals surface area contributed by atoms with Gasteiger partial charge in [-0.3, -0.25) is 0 Å². The Morgan fingerprint density at radius 3 is 2.50 bits per heavy atom. The zero-order valence-electron chi connectivity index (χ0n) is 12.7. The number of benzene rings is 1. The Balaban J connectivity index is 1.91. The first-order chi connectivity index (χ1) is 10.6. The Morgan fingerprint density at radius 2 is 1.82 bits per heavy atom. The van der Waals surface area contributed by atoms with Crippen molar-refractivity contribution < 1.29 is 0 Å². The maximum atomic E-state index is 4.60. The lowest BCUT2D eigenvalue weighted by Gasteiger charge is -2.05. The molecule has 5 nitrogen and oxygen atoms in total. The third-order valence-corrected chi connectivity index (χ3v) is 4.57. The van der Waals surface area contributed by atoms with Gasteiger partial charge in [-0.2, -0.15) is 4.98 Å². The molecule has 0 saturated heterocycles. The molecule has 0 atom stereocenters. The minimum atomic E-state index is 0.404. The first-order valence-corrected chi connectivity index (χ1v) is 7.94. The van der Waals surface area contributed by atoms with Gasteiger partial charge in [-0.05, 0) is 19.1 Å². The van der Waals surface area contributed by atoms with Gasteiger partial charge < -0.3 is 5.32 Å². The third kappa shape index (κ3) is 3.12. The van der Waals surface area contributed by atoms with Crippen molar-refractivity contribution in [3.8, 4) is 10.7 Å². The monoisotopic (exact) mass is 311 g/mol. The molecule has 0 radical (unpaired) electrons. The molecule has 22 heavy (non-hydrogen) atoms. The summed E-state index contributed by atoms with van der Waals surface area (Å²) in [5.41, 5.74) is 1.91. The van der Waals surface area contributed by atoms with Crippen LogP contribution >= 0.6 is 11.3 Å². The lowest BCUT2D eigenvalue weighted by atomic mass is 10.2. The molecule has 0 fully saturated rings. The number of aryl methyl sites for hydroxylation is 1. The van der Waals surface area contributed by atoms with Gasteiger partial charge in [0.15, 0.2) is 5.82 Å². The summed E-state index contributed by atoms with van der Waals surface area (Å²) in [7, 11) is 0. The van der Waals surface area contributed by atoms with E-state index in [4.69, 9.17) is 0 Å². The van der Waals surface area contributed by atoms with E-state index in [0.717, 1.165) is 21.3 Å². The van der Waals surface area contributed by atoms with Crippen molar-refractivity contribution in [2.75, 3.05) is 5.32 Å². The Hall–Kier alpha value is -2.34. The first-order valence-electron chi connectivity index (χ1n) is 7.12. The number of nitrogens with one attached hydrogen (secondary N) is 1. The summed E-state index contributed by atoms with van der Waals surface area (Å²) in [4.78, 5) is 18.6. The summed E-state index contributed by atoms with van der Waals surface area (Å²) >= 11 is 1.64. The van der Waals surface area contributed by atoms with Crippen LogP contribution in [0.4, 0.5) is 11.6 Å².